The number of nitrogens with zero attached hydrogens (tertiary/aromatic N) is 1. The quantitative estimate of drug-likeness (QED) is 0.513. The summed E-state index contributed by atoms with van der Waals surface area (Å²) in [5.74, 6) is -0.382. The number of amides is 1. The van der Waals surface area contributed by atoms with Gasteiger partial charge in [0.05, 0.1) is 11.8 Å². The van der Waals surface area contributed by atoms with Crippen LogP contribution in [0, 0.1) is 0 Å². The summed E-state index contributed by atoms with van der Waals surface area (Å²) in [4.78, 5) is 13.2. The fourth-order valence-electron chi connectivity index (χ4n) is 1.38. The minimum absolute atomic E-state index is 0.115. The normalized spacial score (nSPS) is 12.2. The lowest BCUT2D eigenvalue weighted by Gasteiger charge is -2.18. The largest absolute Gasteiger partial charge is 0.506 e. The number of benzene rings is 1. The molecule has 1 aromatic carbocycles. The molecule has 0 aliphatic rings. The Morgan fingerprint density at radius 2 is 2.19 bits per heavy atom. The third-order valence-corrected chi connectivity index (χ3v) is 2.16. The van der Waals surface area contributed by atoms with Gasteiger partial charge in [0.25, 0.3) is 5.91 Å². The number of likely N-dealkylation sites (N-methyl/N-ethyl adjacent to an activating group) is 1. The topological polar surface area (TPSA) is 86.8 Å². The molecular weight excluding hydrogens is 208 g/mol. The second-order valence-electron chi connectivity index (χ2n) is 3.81. The number of aromatic hydroxyl groups is 1. The van der Waals surface area contributed by atoms with Gasteiger partial charge >= 0.3 is 0 Å². The molecule has 0 saturated heterocycles. The van der Waals surface area contributed by atoms with Gasteiger partial charge in [-0.15, -0.1) is 0 Å². The summed E-state index contributed by atoms with van der Waals surface area (Å²) < 4.78 is 0. The maximum Gasteiger partial charge on any atom is 0.253 e. The number of carbonyl (C=O) groups is 1. The number of rotatable bonds is 3. The SMILES string of the molecule is CC(O)CN(C)C(=O)c1ccc(N)c(O)c1. The summed E-state index contributed by atoms with van der Waals surface area (Å²) in [5, 5.41) is 18.5. The Bertz CT molecular complexity index is 391. The molecule has 0 aliphatic heterocycles. The van der Waals surface area contributed by atoms with Gasteiger partial charge in [0.1, 0.15) is 5.75 Å². The minimum Gasteiger partial charge on any atom is -0.506 e. The molecule has 5 nitrogen and oxygen atoms in total. The molecule has 0 spiro atoms. The summed E-state index contributed by atoms with van der Waals surface area (Å²) in [5.41, 5.74) is 6.00. The first-order valence-electron chi connectivity index (χ1n) is 4.94. The van der Waals surface area contributed by atoms with Crippen molar-refractivity contribution in [1.82, 2.24) is 4.90 Å². The van der Waals surface area contributed by atoms with Crippen molar-refractivity contribution in [3.05, 3.63) is 23.8 Å². The number of phenolic OH excluding ortho intramolecular Hbond substituents is 1. The standard InChI is InChI=1S/C11H16N2O3/c1-7(14)6-13(2)11(16)8-3-4-9(12)10(15)5-8/h3-5,7,14-15H,6,12H2,1-2H3. The van der Waals surface area contributed by atoms with Crippen molar-refractivity contribution in [3.8, 4) is 5.75 Å². The Labute approximate surface area is 94.1 Å². The van der Waals surface area contributed by atoms with Crippen LogP contribution < -0.4 is 5.73 Å². The fraction of sp³-hybridized carbons (Fsp3) is 0.364. The van der Waals surface area contributed by atoms with Gasteiger partial charge in [0.15, 0.2) is 0 Å². The lowest BCUT2D eigenvalue weighted by atomic mass is 10.1. The van der Waals surface area contributed by atoms with Gasteiger partial charge in [-0.2, -0.15) is 0 Å². The second-order valence-corrected chi connectivity index (χ2v) is 3.81. The molecule has 1 amide bonds. The molecule has 1 aromatic rings. The number of nitrogen functional groups attached to an aromatic ring is 1. The molecule has 0 saturated carbocycles. The first kappa shape index (κ1) is 12.3. The Hall–Kier alpha value is -1.75. The molecule has 0 bridgehead atoms. The van der Waals surface area contributed by atoms with Crippen molar-refractivity contribution in [1.29, 1.82) is 0 Å². The molecule has 4 N–H and O–H groups in total. The van der Waals surface area contributed by atoms with E-state index < -0.39 is 6.10 Å². The first-order chi connectivity index (χ1) is 7.41. The summed E-state index contributed by atoms with van der Waals surface area (Å²) in [7, 11) is 1.59. The van der Waals surface area contributed by atoms with E-state index in [1.165, 1.54) is 23.1 Å². The number of hydrogen-bond donors (Lipinski definition) is 3. The second kappa shape index (κ2) is 4.85. The van der Waals surface area contributed by atoms with E-state index >= 15 is 0 Å². The average molecular weight is 224 g/mol. The zero-order valence-electron chi connectivity index (χ0n) is 9.34. The van der Waals surface area contributed by atoms with Gasteiger partial charge in [-0.3, -0.25) is 4.79 Å². The van der Waals surface area contributed by atoms with Gasteiger partial charge in [0, 0.05) is 19.2 Å². The van der Waals surface area contributed by atoms with Crippen molar-refractivity contribution >= 4 is 11.6 Å². The van der Waals surface area contributed by atoms with E-state index in [1.807, 2.05) is 0 Å². The predicted molar refractivity (Wildman–Crippen MR) is 61.2 cm³/mol. The van der Waals surface area contributed by atoms with Crippen LogP contribution in [-0.4, -0.2) is 40.7 Å². The first-order valence-corrected chi connectivity index (χ1v) is 4.94. The van der Waals surface area contributed by atoms with Gasteiger partial charge in [0.2, 0.25) is 0 Å². The molecule has 0 radical (unpaired) electrons. The van der Waals surface area contributed by atoms with E-state index in [9.17, 15) is 9.90 Å². The maximum atomic E-state index is 11.8. The third-order valence-electron chi connectivity index (χ3n) is 2.16. The number of nitrogens with two attached hydrogens (primary N) is 1. The summed E-state index contributed by atoms with van der Waals surface area (Å²) in [6.45, 7) is 1.84. The Balaban J connectivity index is 2.84. The van der Waals surface area contributed by atoms with Crippen LogP contribution in [-0.2, 0) is 0 Å². The minimum atomic E-state index is -0.587. The van der Waals surface area contributed by atoms with Crippen LogP contribution in [0.3, 0.4) is 0 Å². The van der Waals surface area contributed by atoms with E-state index in [-0.39, 0.29) is 23.9 Å². The Morgan fingerprint density at radius 1 is 1.56 bits per heavy atom. The monoisotopic (exact) mass is 224 g/mol. The fourth-order valence-corrected chi connectivity index (χ4v) is 1.38. The molecule has 1 unspecified atom stereocenters. The van der Waals surface area contributed by atoms with Crippen molar-refractivity contribution in [3.63, 3.8) is 0 Å². The molecule has 1 atom stereocenters. The summed E-state index contributed by atoms with van der Waals surface area (Å²) in [6.07, 6.45) is -0.587. The Morgan fingerprint density at radius 3 is 2.69 bits per heavy atom. The highest BCUT2D eigenvalue weighted by molar-refractivity contribution is 5.95. The van der Waals surface area contributed by atoms with Gasteiger partial charge < -0.3 is 20.8 Å². The number of anilines is 1. The highest BCUT2D eigenvalue weighted by atomic mass is 16.3. The Kier molecular flexibility index (Phi) is 3.73. The molecule has 0 heterocycles. The van der Waals surface area contributed by atoms with Crippen molar-refractivity contribution in [2.45, 2.75) is 13.0 Å². The molecular formula is C11H16N2O3. The van der Waals surface area contributed by atoms with Crippen LogP contribution in [0.1, 0.15) is 17.3 Å². The molecule has 0 aliphatic carbocycles. The van der Waals surface area contributed by atoms with Crippen molar-refractivity contribution in [2.75, 3.05) is 19.3 Å². The number of carbonyl (C=O) groups excluding carboxylic acids is 1. The van der Waals surface area contributed by atoms with Gasteiger partial charge in [-0.25, -0.2) is 0 Å². The van der Waals surface area contributed by atoms with E-state index in [2.05, 4.69) is 0 Å². The highest BCUT2D eigenvalue weighted by Gasteiger charge is 2.14. The molecule has 5 heteroatoms. The third kappa shape index (κ3) is 2.87. The van der Waals surface area contributed by atoms with Crippen molar-refractivity contribution < 1.29 is 15.0 Å². The summed E-state index contributed by atoms with van der Waals surface area (Å²) in [6, 6.07) is 4.32. The van der Waals surface area contributed by atoms with E-state index in [0.717, 1.165) is 0 Å². The van der Waals surface area contributed by atoms with Crippen LogP contribution >= 0.6 is 0 Å². The number of aliphatic hydroxyl groups excluding tert-OH is 1. The number of phenols is 1. The zero-order chi connectivity index (χ0) is 12.3. The smallest absolute Gasteiger partial charge is 0.253 e. The van der Waals surface area contributed by atoms with Gasteiger partial charge in [-0.1, -0.05) is 0 Å². The molecule has 0 fully saturated rings. The lowest BCUT2D eigenvalue weighted by molar-refractivity contribution is 0.0703. The van der Waals surface area contributed by atoms with Crippen LogP contribution in [0.15, 0.2) is 18.2 Å². The van der Waals surface area contributed by atoms with E-state index in [4.69, 9.17) is 10.8 Å². The zero-order valence-corrected chi connectivity index (χ0v) is 9.34. The van der Waals surface area contributed by atoms with Crippen molar-refractivity contribution in [2.24, 2.45) is 0 Å². The van der Waals surface area contributed by atoms with Crippen LogP contribution in [0.2, 0.25) is 0 Å². The van der Waals surface area contributed by atoms with Crippen LogP contribution in [0.25, 0.3) is 0 Å². The van der Waals surface area contributed by atoms with E-state index in [1.54, 1.807) is 14.0 Å². The molecule has 88 valence electrons. The summed E-state index contributed by atoms with van der Waals surface area (Å²) >= 11 is 0. The maximum absolute atomic E-state index is 11.8. The van der Waals surface area contributed by atoms with Crippen LogP contribution in [0.4, 0.5) is 5.69 Å². The molecule has 16 heavy (non-hydrogen) atoms. The average Bonchev–Trinajstić information content (AvgIpc) is 2.20. The van der Waals surface area contributed by atoms with Crippen LogP contribution in [0.5, 0.6) is 5.75 Å². The highest BCUT2D eigenvalue weighted by Crippen LogP contribution is 2.21. The molecule has 1 rings (SSSR count). The number of aliphatic hydroxyl groups is 1. The predicted octanol–water partition coefficient (Wildman–Crippen LogP) is 0.427. The lowest BCUT2D eigenvalue weighted by Crippen LogP contribution is -2.33. The number of hydrogen-bond acceptors (Lipinski definition) is 4. The molecule has 0 aromatic heterocycles. The van der Waals surface area contributed by atoms with E-state index in [0.29, 0.717) is 5.56 Å². The van der Waals surface area contributed by atoms with Gasteiger partial charge in [-0.05, 0) is 25.1 Å².